The number of carbonyl (C=O) groups is 1. The van der Waals surface area contributed by atoms with Gasteiger partial charge in [-0.1, -0.05) is 42.5 Å². The Morgan fingerprint density at radius 1 is 1.05 bits per heavy atom. The molecule has 0 aliphatic rings. The van der Waals surface area contributed by atoms with Crippen LogP contribution in [0.1, 0.15) is 0 Å². The van der Waals surface area contributed by atoms with Gasteiger partial charge >= 0.3 is 5.97 Å². The quantitative estimate of drug-likeness (QED) is 0.828. The molecule has 0 aliphatic heterocycles. The number of likely N-dealkylation sites (N-methyl/N-ethyl adjacent to an activating group) is 1. The molecule has 1 atom stereocenters. The Bertz CT molecular complexity index is 566. The molecule has 1 unspecified atom stereocenters. The SMILES string of the molecule is CNC(COc1ccc(-c2ccccc2)cc1)C(=O)OC. The van der Waals surface area contributed by atoms with Crippen molar-refractivity contribution in [3.63, 3.8) is 0 Å². The summed E-state index contributed by atoms with van der Waals surface area (Å²) in [6, 6.07) is 17.4. The third-order valence-electron chi connectivity index (χ3n) is 3.21. The van der Waals surface area contributed by atoms with Crippen molar-refractivity contribution in [1.29, 1.82) is 0 Å². The van der Waals surface area contributed by atoms with E-state index in [0.29, 0.717) is 0 Å². The van der Waals surface area contributed by atoms with Gasteiger partial charge in [-0.2, -0.15) is 0 Å². The van der Waals surface area contributed by atoms with Crippen molar-refractivity contribution in [3.8, 4) is 16.9 Å². The zero-order valence-corrected chi connectivity index (χ0v) is 12.2. The molecule has 0 saturated heterocycles. The van der Waals surface area contributed by atoms with Crippen LogP contribution in [0.2, 0.25) is 0 Å². The van der Waals surface area contributed by atoms with Crippen molar-refractivity contribution in [2.45, 2.75) is 6.04 Å². The number of benzene rings is 2. The van der Waals surface area contributed by atoms with Crippen molar-refractivity contribution in [1.82, 2.24) is 5.32 Å². The first-order valence-corrected chi connectivity index (χ1v) is 6.78. The van der Waals surface area contributed by atoms with Crippen LogP contribution < -0.4 is 10.1 Å². The molecule has 0 heterocycles. The van der Waals surface area contributed by atoms with E-state index in [-0.39, 0.29) is 12.6 Å². The van der Waals surface area contributed by atoms with Gasteiger partial charge < -0.3 is 14.8 Å². The number of nitrogens with one attached hydrogen (secondary N) is 1. The van der Waals surface area contributed by atoms with Crippen LogP contribution in [0.5, 0.6) is 5.75 Å². The largest absolute Gasteiger partial charge is 0.491 e. The molecule has 4 heteroatoms. The Hall–Kier alpha value is -2.33. The van der Waals surface area contributed by atoms with Crippen LogP contribution >= 0.6 is 0 Å². The van der Waals surface area contributed by atoms with E-state index in [2.05, 4.69) is 22.2 Å². The Morgan fingerprint density at radius 2 is 1.67 bits per heavy atom. The molecule has 110 valence electrons. The average Bonchev–Trinajstić information content (AvgIpc) is 2.56. The summed E-state index contributed by atoms with van der Waals surface area (Å²) in [7, 11) is 3.06. The number of methoxy groups -OCH3 is 1. The van der Waals surface area contributed by atoms with Crippen molar-refractivity contribution in [2.24, 2.45) is 0 Å². The smallest absolute Gasteiger partial charge is 0.326 e. The predicted molar refractivity (Wildman–Crippen MR) is 82.2 cm³/mol. The lowest BCUT2D eigenvalue weighted by Crippen LogP contribution is -2.40. The fraction of sp³-hybridized carbons (Fsp3) is 0.235. The number of esters is 1. The first-order chi connectivity index (χ1) is 10.2. The minimum absolute atomic E-state index is 0.230. The van der Waals surface area contributed by atoms with Gasteiger partial charge in [0.2, 0.25) is 0 Å². The highest BCUT2D eigenvalue weighted by molar-refractivity contribution is 5.75. The molecule has 2 rings (SSSR count). The predicted octanol–water partition coefficient (Wildman–Crippen LogP) is 2.49. The van der Waals surface area contributed by atoms with Crippen LogP contribution in [0.3, 0.4) is 0 Å². The maximum absolute atomic E-state index is 11.4. The van der Waals surface area contributed by atoms with Gasteiger partial charge in [0.05, 0.1) is 7.11 Å². The third kappa shape index (κ3) is 4.07. The molecule has 0 bridgehead atoms. The Kier molecular flexibility index (Phi) is 5.35. The van der Waals surface area contributed by atoms with Crippen LogP contribution in [0, 0.1) is 0 Å². The molecule has 0 amide bonds. The van der Waals surface area contributed by atoms with Gasteiger partial charge in [-0.15, -0.1) is 0 Å². The fourth-order valence-corrected chi connectivity index (χ4v) is 1.97. The lowest BCUT2D eigenvalue weighted by molar-refractivity contribution is -0.143. The molecule has 1 N–H and O–H groups in total. The number of hydrogen-bond donors (Lipinski definition) is 1. The highest BCUT2D eigenvalue weighted by Crippen LogP contribution is 2.22. The van der Waals surface area contributed by atoms with Crippen molar-refractivity contribution >= 4 is 5.97 Å². The van der Waals surface area contributed by atoms with E-state index < -0.39 is 6.04 Å². The monoisotopic (exact) mass is 285 g/mol. The number of hydrogen-bond acceptors (Lipinski definition) is 4. The summed E-state index contributed by atoms with van der Waals surface area (Å²) in [5.41, 5.74) is 2.28. The first kappa shape index (κ1) is 15.1. The van der Waals surface area contributed by atoms with Crippen LogP contribution in [0.15, 0.2) is 54.6 Å². The Balaban J connectivity index is 1.98. The summed E-state index contributed by atoms with van der Waals surface area (Å²) in [5.74, 6) is 0.386. The van der Waals surface area contributed by atoms with Gasteiger partial charge in [-0.25, -0.2) is 0 Å². The van der Waals surface area contributed by atoms with E-state index in [1.54, 1.807) is 7.05 Å². The summed E-state index contributed by atoms with van der Waals surface area (Å²) in [6.07, 6.45) is 0. The van der Waals surface area contributed by atoms with E-state index in [9.17, 15) is 4.79 Å². The normalized spacial score (nSPS) is 11.7. The fourth-order valence-electron chi connectivity index (χ4n) is 1.97. The summed E-state index contributed by atoms with van der Waals surface area (Å²) in [5, 5.41) is 2.86. The van der Waals surface area contributed by atoms with E-state index in [4.69, 9.17) is 4.74 Å². The maximum atomic E-state index is 11.4. The zero-order chi connectivity index (χ0) is 15.1. The average molecular weight is 285 g/mol. The molecule has 4 nitrogen and oxygen atoms in total. The minimum Gasteiger partial charge on any atom is -0.491 e. The summed E-state index contributed by atoms with van der Waals surface area (Å²) < 4.78 is 10.3. The van der Waals surface area contributed by atoms with Gasteiger partial charge in [0.1, 0.15) is 18.4 Å². The molecule has 0 spiro atoms. The first-order valence-electron chi connectivity index (χ1n) is 6.78. The third-order valence-corrected chi connectivity index (χ3v) is 3.21. The van der Waals surface area contributed by atoms with E-state index in [1.807, 2.05) is 42.5 Å². The molecular formula is C17H19NO3. The zero-order valence-electron chi connectivity index (χ0n) is 12.2. The summed E-state index contributed by atoms with van der Waals surface area (Å²) in [4.78, 5) is 11.4. The van der Waals surface area contributed by atoms with E-state index in [0.717, 1.165) is 16.9 Å². The molecule has 0 radical (unpaired) electrons. The lowest BCUT2D eigenvalue weighted by atomic mass is 10.1. The second-order valence-electron chi connectivity index (χ2n) is 4.57. The second-order valence-corrected chi connectivity index (χ2v) is 4.57. The maximum Gasteiger partial charge on any atom is 0.326 e. The molecule has 0 aliphatic carbocycles. The lowest BCUT2D eigenvalue weighted by Gasteiger charge is -2.14. The summed E-state index contributed by atoms with van der Waals surface area (Å²) in [6.45, 7) is 0.230. The van der Waals surface area contributed by atoms with Crippen LogP contribution in [-0.4, -0.2) is 32.8 Å². The molecule has 21 heavy (non-hydrogen) atoms. The molecule has 2 aromatic rings. The van der Waals surface area contributed by atoms with E-state index >= 15 is 0 Å². The topological polar surface area (TPSA) is 47.6 Å². The highest BCUT2D eigenvalue weighted by Gasteiger charge is 2.17. The highest BCUT2D eigenvalue weighted by atomic mass is 16.5. The van der Waals surface area contributed by atoms with Gasteiger partial charge in [0.15, 0.2) is 0 Å². The number of ether oxygens (including phenoxy) is 2. The van der Waals surface area contributed by atoms with Crippen molar-refractivity contribution < 1.29 is 14.3 Å². The second kappa shape index (κ2) is 7.45. The molecule has 0 fully saturated rings. The van der Waals surface area contributed by atoms with Crippen LogP contribution in [-0.2, 0) is 9.53 Å². The minimum atomic E-state index is -0.469. The molecule has 0 saturated carbocycles. The molecular weight excluding hydrogens is 266 g/mol. The standard InChI is InChI=1S/C17H19NO3/c1-18-16(17(19)20-2)12-21-15-10-8-14(9-11-15)13-6-4-3-5-7-13/h3-11,16,18H,12H2,1-2H3. The number of rotatable bonds is 6. The molecule has 2 aromatic carbocycles. The van der Waals surface area contributed by atoms with Gasteiger partial charge in [0, 0.05) is 0 Å². The van der Waals surface area contributed by atoms with Crippen LogP contribution in [0.4, 0.5) is 0 Å². The van der Waals surface area contributed by atoms with Gasteiger partial charge in [-0.3, -0.25) is 4.79 Å². The molecule has 0 aromatic heterocycles. The van der Waals surface area contributed by atoms with Gasteiger partial charge in [0.25, 0.3) is 0 Å². The Morgan fingerprint density at radius 3 is 2.24 bits per heavy atom. The van der Waals surface area contributed by atoms with Gasteiger partial charge in [-0.05, 0) is 30.3 Å². The van der Waals surface area contributed by atoms with Crippen LogP contribution in [0.25, 0.3) is 11.1 Å². The summed E-state index contributed by atoms with van der Waals surface area (Å²) >= 11 is 0. The number of carbonyl (C=O) groups excluding carboxylic acids is 1. The van der Waals surface area contributed by atoms with Crippen molar-refractivity contribution in [2.75, 3.05) is 20.8 Å². The van der Waals surface area contributed by atoms with Crippen molar-refractivity contribution in [3.05, 3.63) is 54.6 Å². The Labute approximate surface area is 124 Å². The van der Waals surface area contributed by atoms with E-state index in [1.165, 1.54) is 7.11 Å².